The third-order valence-electron chi connectivity index (χ3n) is 1.37. The van der Waals surface area contributed by atoms with Gasteiger partial charge in [-0.05, 0) is 26.8 Å². The minimum atomic E-state index is -1.25. The van der Waals surface area contributed by atoms with Crippen molar-refractivity contribution < 1.29 is 4.55 Å². The van der Waals surface area contributed by atoms with Gasteiger partial charge in [0, 0.05) is 12.4 Å². The molecular formula is C9H13N3OS. The molecule has 76 valence electrons. The topological polar surface area (TPSA) is 61.2 Å². The average molecular weight is 211 g/mol. The van der Waals surface area contributed by atoms with Gasteiger partial charge in [0.25, 0.3) is 0 Å². The smallest absolute Gasteiger partial charge is 0.175 e. The molecule has 0 aliphatic carbocycles. The van der Waals surface area contributed by atoms with E-state index in [-0.39, 0.29) is 4.75 Å². The third kappa shape index (κ3) is 3.43. The van der Waals surface area contributed by atoms with E-state index in [2.05, 4.69) is 14.4 Å². The summed E-state index contributed by atoms with van der Waals surface area (Å²) in [5.41, 5.74) is 0. The second-order valence-corrected chi connectivity index (χ2v) is 5.64. The molecule has 1 atom stereocenters. The first kappa shape index (κ1) is 11.1. The van der Waals surface area contributed by atoms with Crippen molar-refractivity contribution in [1.82, 2.24) is 9.97 Å². The highest BCUT2D eigenvalue weighted by molar-refractivity contribution is 7.91. The maximum Gasteiger partial charge on any atom is 0.175 e. The van der Waals surface area contributed by atoms with Crippen LogP contribution in [0.4, 0.5) is 0 Å². The SMILES string of the molecule is CC(C)(C)[S+]([O-])/N=C/c1ncccn1. The molecule has 0 fully saturated rings. The van der Waals surface area contributed by atoms with Gasteiger partial charge >= 0.3 is 0 Å². The fourth-order valence-electron chi connectivity index (χ4n) is 0.630. The molecule has 0 saturated heterocycles. The first-order valence-corrected chi connectivity index (χ1v) is 5.34. The second kappa shape index (κ2) is 4.52. The molecule has 5 heteroatoms. The number of aromatic nitrogens is 2. The number of hydrogen-bond donors (Lipinski definition) is 0. The minimum Gasteiger partial charge on any atom is -0.591 e. The van der Waals surface area contributed by atoms with Gasteiger partial charge in [-0.25, -0.2) is 9.97 Å². The Morgan fingerprint density at radius 2 is 1.93 bits per heavy atom. The van der Waals surface area contributed by atoms with Crippen LogP contribution in [0, 0.1) is 0 Å². The van der Waals surface area contributed by atoms with Crippen LogP contribution in [0.15, 0.2) is 22.9 Å². The Hall–Kier alpha value is -0.940. The first-order valence-electron chi connectivity index (χ1n) is 4.23. The lowest BCUT2D eigenvalue weighted by atomic mass is 10.3. The third-order valence-corrected chi connectivity index (χ3v) is 2.72. The summed E-state index contributed by atoms with van der Waals surface area (Å²) in [6, 6.07) is 1.72. The van der Waals surface area contributed by atoms with Crippen LogP contribution >= 0.6 is 0 Å². The molecule has 0 aliphatic heterocycles. The summed E-state index contributed by atoms with van der Waals surface area (Å²) in [5, 5.41) is 0. The standard InChI is InChI=1S/C9H13N3OS/c1-9(2,3)14(13)12-7-8-10-5-4-6-11-8/h4-7H,1-3H3/b12-7+. The summed E-state index contributed by atoms with van der Waals surface area (Å²) < 4.78 is 15.0. The van der Waals surface area contributed by atoms with Crippen LogP contribution in [-0.4, -0.2) is 25.5 Å². The van der Waals surface area contributed by atoms with Crippen molar-refractivity contribution in [3.05, 3.63) is 24.3 Å². The van der Waals surface area contributed by atoms with Crippen LogP contribution in [0.25, 0.3) is 0 Å². The van der Waals surface area contributed by atoms with E-state index in [0.717, 1.165) is 0 Å². The van der Waals surface area contributed by atoms with Gasteiger partial charge in [-0.1, -0.05) is 4.40 Å². The molecule has 1 unspecified atom stereocenters. The number of hydrogen-bond acceptors (Lipinski definition) is 4. The normalized spacial score (nSPS) is 14.6. The molecule has 1 aromatic rings. The predicted octanol–water partition coefficient (Wildman–Crippen LogP) is 1.36. The molecular weight excluding hydrogens is 198 g/mol. The van der Waals surface area contributed by atoms with Crippen LogP contribution in [0.3, 0.4) is 0 Å². The second-order valence-electron chi connectivity index (χ2n) is 3.70. The molecule has 0 radical (unpaired) electrons. The highest BCUT2D eigenvalue weighted by Crippen LogP contribution is 2.16. The average Bonchev–Trinajstić information content (AvgIpc) is 2.14. The zero-order valence-corrected chi connectivity index (χ0v) is 9.28. The van der Waals surface area contributed by atoms with Crippen LogP contribution in [0.2, 0.25) is 0 Å². The molecule has 0 N–H and O–H groups in total. The Bertz CT molecular complexity index is 308. The summed E-state index contributed by atoms with van der Waals surface area (Å²) in [6.07, 6.45) is 4.67. The van der Waals surface area contributed by atoms with Crippen molar-refractivity contribution in [3.8, 4) is 0 Å². The van der Waals surface area contributed by atoms with E-state index in [0.29, 0.717) is 5.82 Å². The molecule has 14 heavy (non-hydrogen) atoms. The van der Waals surface area contributed by atoms with Crippen molar-refractivity contribution in [2.75, 3.05) is 0 Å². The lowest BCUT2D eigenvalue weighted by Gasteiger charge is -2.17. The maximum absolute atomic E-state index is 11.5. The van der Waals surface area contributed by atoms with E-state index < -0.39 is 11.4 Å². The zero-order chi connectivity index (χ0) is 10.6. The summed E-state index contributed by atoms with van der Waals surface area (Å²) in [6.45, 7) is 5.60. The monoisotopic (exact) mass is 211 g/mol. The van der Waals surface area contributed by atoms with Crippen molar-refractivity contribution >= 4 is 17.6 Å². The molecule has 0 aromatic carbocycles. The fraction of sp³-hybridized carbons (Fsp3) is 0.444. The predicted molar refractivity (Wildman–Crippen MR) is 57.5 cm³/mol. The number of rotatable bonds is 2. The van der Waals surface area contributed by atoms with E-state index in [1.54, 1.807) is 18.5 Å². The van der Waals surface area contributed by atoms with E-state index in [1.165, 1.54) is 6.21 Å². The first-order chi connectivity index (χ1) is 6.50. The largest absolute Gasteiger partial charge is 0.591 e. The van der Waals surface area contributed by atoms with Gasteiger partial charge in [0.1, 0.15) is 22.3 Å². The molecule has 1 aromatic heterocycles. The van der Waals surface area contributed by atoms with E-state index in [1.807, 2.05) is 20.8 Å². The Morgan fingerprint density at radius 3 is 2.43 bits per heavy atom. The molecule has 0 spiro atoms. The lowest BCUT2D eigenvalue weighted by molar-refractivity contribution is 0.561. The summed E-state index contributed by atoms with van der Waals surface area (Å²) in [4.78, 5) is 7.88. The molecule has 1 heterocycles. The van der Waals surface area contributed by atoms with Crippen LogP contribution in [0.5, 0.6) is 0 Å². The van der Waals surface area contributed by atoms with Gasteiger partial charge in [0.05, 0.1) is 0 Å². The van der Waals surface area contributed by atoms with Gasteiger partial charge in [0.2, 0.25) is 0 Å². The molecule has 0 amide bonds. The Kier molecular flexibility index (Phi) is 3.60. The van der Waals surface area contributed by atoms with Gasteiger partial charge in [-0.2, -0.15) is 0 Å². The molecule has 1 rings (SSSR count). The highest BCUT2D eigenvalue weighted by Gasteiger charge is 2.25. The molecule has 0 aliphatic rings. The van der Waals surface area contributed by atoms with E-state index in [4.69, 9.17) is 0 Å². The van der Waals surface area contributed by atoms with Crippen LogP contribution < -0.4 is 0 Å². The summed E-state index contributed by atoms with van der Waals surface area (Å²) in [7, 11) is 0. The Labute approximate surface area is 86.8 Å². The van der Waals surface area contributed by atoms with E-state index >= 15 is 0 Å². The van der Waals surface area contributed by atoms with Gasteiger partial charge in [0.15, 0.2) is 5.82 Å². The van der Waals surface area contributed by atoms with Crippen molar-refractivity contribution in [2.45, 2.75) is 25.5 Å². The number of nitrogens with zero attached hydrogens (tertiary/aromatic N) is 3. The van der Waals surface area contributed by atoms with Gasteiger partial charge in [-0.15, -0.1) is 0 Å². The Morgan fingerprint density at radius 1 is 1.36 bits per heavy atom. The van der Waals surface area contributed by atoms with E-state index in [9.17, 15) is 4.55 Å². The summed E-state index contributed by atoms with van der Waals surface area (Å²) >= 11 is -1.25. The van der Waals surface area contributed by atoms with Crippen molar-refractivity contribution in [3.63, 3.8) is 0 Å². The zero-order valence-electron chi connectivity index (χ0n) is 8.47. The lowest BCUT2D eigenvalue weighted by Crippen LogP contribution is -2.25. The highest BCUT2D eigenvalue weighted by atomic mass is 32.2. The van der Waals surface area contributed by atoms with Gasteiger partial charge in [-0.3, -0.25) is 0 Å². The molecule has 0 saturated carbocycles. The van der Waals surface area contributed by atoms with Crippen LogP contribution in [0.1, 0.15) is 26.6 Å². The Balaban J connectivity index is 2.66. The molecule has 0 bridgehead atoms. The maximum atomic E-state index is 11.5. The molecule has 4 nitrogen and oxygen atoms in total. The van der Waals surface area contributed by atoms with Crippen LogP contribution in [-0.2, 0) is 11.4 Å². The minimum absolute atomic E-state index is 0.342. The van der Waals surface area contributed by atoms with Gasteiger partial charge < -0.3 is 4.55 Å². The van der Waals surface area contributed by atoms with Crippen molar-refractivity contribution in [2.24, 2.45) is 4.40 Å². The quantitative estimate of drug-likeness (QED) is 0.548. The fourth-order valence-corrected chi connectivity index (χ4v) is 1.14. The summed E-state index contributed by atoms with van der Waals surface area (Å²) in [5.74, 6) is 0.477. The van der Waals surface area contributed by atoms with Crippen molar-refractivity contribution in [1.29, 1.82) is 0 Å².